The van der Waals surface area contributed by atoms with Crippen LogP contribution < -0.4 is 4.74 Å². The van der Waals surface area contributed by atoms with E-state index in [4.69, 9.17) is 9.47 Å². The number of benzene rings is 3. The van der Waals surface area contributed by atoms with Gasteiger partial charge >= 0.3 is 0 Å². The lowest BCUT2D eigenvalue weighted by Gasteiger charge is -2.23. The molecule has 0 bridgehead atoms. The minimum Gasteiger partial charge on any atom is -0.508 e. The van der Waals surface area contributed by atoms with Crippen molar-refractivity contribution in [2.24, 2.45) is 0 Å². The number of halogens is 1. The van der Waals surface area contributed by atoms with E-state index in [1.165, 1.54) is 24.3 Å². The Bertz CT molecular complexity index is 946. The van der Waals surface area contributed by atoms with Crippen LogP contribution in [0.3, 0.4) is 0 Å². The molecule has 1 aliphatic rings. The second-order valence-corrected chi connectivity index (χ2v) is 6.83. The summed E-state index contributed by atoms with van der Waals surface area (Å²) in [6.07, 6.45) is 2.77. The van der Waals surface area contributed by atoms with Crippen molar-refractivity contribution in [2.45, 2.75) is 25.6 Å². The van der Waals surface area contributed by atoms with Gasteiger partial charge < -0.3 is 19.7 Å². The fourth-order valence-corrected chi connectivity index (χ4v) is 3.32. The first kappa shape index (κ1) is 18.3. The van der Waals surface area contributed by atoms with Gasteiger partial charge in [0.1, 0.15) is 23.1 Å². The molecular weight excluding hydrogens is 359 g/mol. The van der Waals surface area contributed by atoms with Crippen molar-refractivity contribution in [3.05, 3.63) is 66.5 Å². The first-order chi connectivity index (χ1) is 13.6. The van der Waals surface area contributed by atoms with Gasteiger partial charge in [-0.2, -0.15) is 0 Å². The molecule has 28 heavy (non-hydrogen) atoms. The topological polar surface area (TPSA) is 58.9 Å². The Labute approximate surface area is 162 Å². The van der Waals surface area contributed by atoms with Gasteiger partial charge in [-0.15, -0.1) is 0 Å². The minimum atomic E-state index is -0.440. The van der Waals surface area contributed by atoms with Gasteiger partial charge in [-0.1, -0.05) is 24.3 Å². The van der Waals surface area contributed by atoms with Gasteiger partial charge in [0.2, 0.25) is 0 Å². The molecule has 4 nitrogen and oxygen atoms in total. The molecule has 0 aromatic heterocycles. The summed E-state index contributed by atoms with van der Waals surface area (Å²) in [5.41, 5.74) is 1.94. The molecule has 0 aliphatic carbocycles. The average Bonchev–Trinajstić information content (AvgIpc) is 2.72. The van der Waals surface area contributed by atoms with Crippen molar-refractivity contribution in [3.8, 4) is 39.5 Å². The molecular formula is C23H21FO4. The second kappa shape index (κ2) is 7.90. The van der Waals surface area contributed by atoms with Gasteiger partial charge in [0.05, 0.1) is 6.61 Å². The molecule has 144 valence electrons. The Morgan fingerprint density at radius 1 is 0.857 bits per heavy atom. The molecule has 2 N–H and O–H groups in total. The summed E-state index contributed by atoms with van der Waals surface area (Å²) in [6.45, 7) is 0.709. The number of phenolic OH excluding ortho intramolecular Hbond substituents is 2. The third kappa shape index (κ3) is 3.94. The quantitative estimate of drug-likeness (QED) is 0.630. The summed E-state index contributed by atoms with van der Waals surface area (Å²) in [6, 6.07) is 16.0. The largest absolute Gasteiger partial charge is 0.508 e. The van der Waals surface area contributed by atoms with Crippen LogP contribution in [0.5, 0.6) is 17.2 Å². The molecule has 3 aromatic carbocycles. The van der Waals surface area contributed by atoms with Crippen molar-refractivity contribution in [1.29, 1.82) is 0 Å². The van der Waals surface area contributed by atoms with E-state index in [0.29, 0.717) is 34.6 Å². The monoisotopic (exact) mass is 380 g/mol. The lowest BCUT2D eigenvalue weighted by Crippen LogP contribution is -2.24. The molecule has 1 atom stereocenters. The van der Waals surface area contributed by atoms with E-state index in [1.54, 1.807) is 36.4 Å². The molecule has 0 radical (unpaired) electrons. The lowest BCUT2D eigenvalue weighted by atomic mass is 9.98. The normalized spacial score (nSPS) is 16.7. The van der Waals surface area contributed by atoms with Crippen LogP contribution in [0, 0.1) is 5.82 Å². The van der Waals surface area contributed by atoms with Crippen molar-refractivity contribution >= 4 is 0 Å². The van der Waals surface area contributed by atoms with Gasteiger partial charge in [-0.3, -0.25) is 0 Å². The summed E-state index contributed by atoms with van der Waals surface area (Å²) >= 11 is 0. The first-order valence-electron chi connectivity index (χ1n) is 9.31. The summed E-state index contributed by atoms with van der Waals surface area (Å²) < 4.78 is 26.1. The highest BCUT2D eigenvalue weighted by molar-refractivity contribution is 5.77. The van der Waals surface area contributed by atoms with Gasteiger partial charge in [0.15, 0.2) is 6.29 Å². The van der Waals surface area contributed by atoms with E-state index in [-0.39, 0.29) is 17.8 Å². The molecule has 1 heterocycles. The third-order valence-corrected chi connectivity index (χ3v) is 4.83. The summed E-state index contributed by atoms with van der Waals surface area (Å²) in [5, 5.41) is 19.8. The molecule has 5 heteroatoms. The van der Waals surface area contributed by atoms with E-state index in [1.807, 2.05) is 0 Å². The lowest BCUT2D eigenvalue weighted by molar-refractivity contribution is -0.105. The molecule has 1 fully saturated rings. The van der Waals surface area contributed by atoms with Crippen LogP contribution in [0.2, 0.25) is 0 Å². The zero-order valence-corrected chi connectivity index (χ0v) is 15.3. The Morgan fingerprint density at radius 3 is 2.21 bits per heavy atom. The average molecular weight is 380 g/mol. The van der Waals surface area contributed by atoms with Crippen LogP contribution in [-0.4, -0.2) is 23.1 Å². The highest BCUT2D eigenvalue weighted by atomic mass is 19.1. The number of ether oxygens (including phenoxy) is 2. The molecule has 4 rings (SSSR count). The van der Waals surface area contributed by atoms with Gasteiger partial charge in [0, 0.05) is 17.5 Å². The summed E-state index contributed by atoms with van der Waals surface area (Å²) in [7, 11) is 0. The Morgan fingerprint density at radius 2 is 1.54 bits per heavy atom. The van der Waals surface area contributed by atoms with Crippen LogP contribution in [-0.2, 0) is 4.74 Å². The van der Waals surface area contributed by atoms with E-state index >= 15 is 0 Å². The fourth-order valence-electron chi connectivity index (χ4n) is 3.32. The van der Waals surface area contributed by atoms with Crippen LogP contribution in [0.1, 0.15) is 19.3 Å². The zero-order chi connectivity index (χ0) is 19.5. The van der Waals surface area contributed by atoms with E-state index in [2.05, 4.69) is 0 Å². The predicted octanol–water partition coefficient (Wildman–Crippen LogP) is 5.48. The minimum absolute atomic E-state index is 0.0296. The number of hydrogen-bond acceptors (Lipinski definition) is 4. The maximum atomic E-state index is 14.7. The number of rotatable bonds is 4. The Kier molecular flexibility index (Phi) is 5.17. The van der Waals surface area contributed by atoms with Crippen LogP contribution in [0.4, 0.5) is 4.39 Å². The van der Waals surface area contributed by atoms with Gasteiger partial charge in [-0.25, -0.2) is 4.39 Å². The van der Waals surface area contributed by atoms with E-state index in [0.717, 1.165) is 19.3 Å². The number of phenols is 2. The second-order valence-electron chi connectivity index (χ2n) is 6.83. The summed E-state index contributed by atoms with van der Waals surface area (Å²) in [5.74, 6) is 0.311. The highest BCUT2D eigenvalue weighted by Crippen LogP contribution is 2.36. The van der Waals surface area contributed by atoms with Crippen molar-refractivity contribution in [2.75, 3.05) is 6.61 Å². The smallest absolute Gasteiger partial charge is 0.199 e. The van der Waals surface area contributed by atoms with Crippen LogP contribution in [0.15, 0.2) is 60.7 Å². The van der Waals surface area contributed by atoms with Crippen molar-refractivity contribution < 1.29 is 24.1 Å². The maximum absolute atomic E-state index is 14.7. The third-order valence-electron chi connectivity index (χ3n) is 4.83. The number of aromatic hydroxyl groups is 2. The van der Waals surface area contributed by atoms with Crippen molar-refractivity contribution in [3.63, 3.8) is 0 Å². The van der Waals surface area contributed by atoms with Gasteiger partial charge in [-0.05, 0) is 60.4 Å². The molecule has 1 aliphatic heterocycles. The van der Waals surface area contributed by atoms with Crippen molar-refractivity contribution in [1.82, 2.24) is 0 Å². The van der Waals surface area contributed by atoms with Crippen LogP contribution >= 0.6 is 0 Å². The first-order valence-corrected chi connectivity index (χ1v) is 9.31. The molecule has 1 saturated heterocycles. The SMILES string of the molecule is Oc1ccc(-c2cc(F)c(-c3ccc(OC4CCCCO4)cc3)cc2O)cc1. The Balaban J connectivity index is 1.57. The van der Waals surface area contributed by atoms with Gasteiger partial charge in [0.25, 0.3) is 0 Å². The summed E-state index contributed by atoms with van der Waals surface area (Å²) in [4.78, 5) is 0. The zero-order valence-electron chi connectivity index (χ0n) is 15.3. The van der Waals surface area contributed by atoms with E-state index < -0.39 is 5.82 Å². The Hall–Kier alpha value is -3.05. The molecule has 0 spiro atoms. The fraction of sp³-hybridized carbons (Fsp3) is 0.217. The standard InChI is InChI=1S/C23H21FO4/c24-21-13-20(16-4-8-17(25)9-5-16)22(26)14-19(21)15-6-10-18(11-7-15)28-23-3-1-2-12-27-23/h4-11,13-14,23,25-26H,1-3,12H2. The molecule has 0 amide bonds. The molecule has 1 unspecified atom stereocenters. The van der Waals surface area contributed by atoms with Crippen LogP contribution in [0.25, 0.3) is 22.3 Å². The molecule has 3 aromatic rings. The molecule has 0 saturated carbocycles. The number of hydrogen-bond donors (Lipinski definition) is 2. The maximum Gasteiger partial charge on any atom is 0.199 e. The highest BCUT2D eigenvalue weighted by Gasteiger charge is 2.16. The predicted molar refractivity (Wildman–Crippen MR) is 105 cm³/mol. The van der Waals surface area contributed by atoms with E-state index in [9.17, 15) is 14.6 Å².